The summed E-state index contributed by atoms with van der Waals surface area (Å²) in [6.45, 7) is 1.73. The van der Waals surface area contributed by atoms with Gasteiger partial charge in [0.1, 0.15) is 0 Å². The van der Waals surface area contributed by atoms with Gasteiger partial charge in [0, 0.05) is 23.4 Å². The number of primary amides is 1. The van der Waals surface area contributed by atoms with Gasteiger partial charge in [0.2, 0.25) is 5.91 Å². The van der Waals surface area contributed by atoms with Crippen molar-refractivity contribution < 1.29 is 9.90 Å². The molecule has 2 heterocycles. The minimum Gasteiger partial charge on any atom is -0.395 e. The Bertz CT molecular complexity index is 501. The molecule has 1 amide bonds. The molecule has 1 unspecified atom stereocenters. The largest absolute Gasteiger partial charge is 0.395 e. The van der Waals surface area contributed by atoms with E-state index in [9.17, 15) is 4.79 Å². The van der Waals surface area contributed by atoms with Gasteiger partial charge in [0.15, 0.2) is 0 Å². The lowest BCUT2D eigenvalue weighted by molar-refractivity contribution is -0.122. The maximum absolute atomic E-state index is 11.4. The van der Waals surface area contributed by atoms with E-state index in [2.05, 4.69) is 16.7 Å². The highest BCUT2D eigenvalue weighted by Gasteiger charge is 2.29. The van der Waals surface area contributed by atoms with E-state index in [1.165, 1.54) is 4.88 Å². The van der Waals surface area contributed by atoms with E-state index in [0.717, 1.165) is 31.5 Å². The molecule has 102 valence electrons. The van der Waals surface area contributed by atoms with Crippen molar-refractivity contribution in [3.63, 3.8) is 0 Å². The van der Waals surface area contributed by atoms with Crippen molar-refractivity contribution in [1.82, 2.24) is 4.90 Å². The standard InChI is InChI=1S/C14H18N2O2S/c15-14(18)12-5-3-7-16(12)10-13-11(6-9-19-13)4-1-2-8-17/h6,9,12,17H,2-3,5,7-8,10H2,(H2,15,18). The number of carbonyl (C=O) groups is 1. The highest BCUT2D eigenvalue weighted by molar-refractivity contribution is 7.10. The molecular weight excluding hydrogens is 260 g/mol. The number of aliphatic hydroxyl groups excluding tert-OH is 1. The zero-order valence-electron chi connectivity index (χ0n) is 10.8. The van der Waals surface area contributed by atoms with Gasteiger partial charge in [-0.2, -0.15) is 0 Å². The van der Waals surface area contributed by atoms with Crippen LogP contribution in [0.25, 0.3) is 0 Å². The second kappa shape index (κ2) is 6.71. The summed E-state index contributed by atoms with van der Waals surface area (Å²) in [6.07, 6.45) is 2.36. The molecule has 3 N–H and O–H groups in total. The van der Waals surface area contributed by atoms with E-state index in [0.29, 0.717) is 6.42 Å². The SMILES string of the molecule is NC(=O)C1CCCN1Cc1sccc1C#CCCO. The van der Waals surface area contributed by atoms with Crippen molar-refractivity contribution >= 4 is 17.2 Å². The summed E-state index contributed by atoms with van der Waals surface area (Å²) < 4.78 is 0. The average Bonchev–Trinajstić information content (AvgIpc) is 3.00. The summed E-state index contributed by atoms with van der Waals surface area (Å²) in [5, 5.41) is 10.7. The number of likely N-dealkylation sites (tertiary alicyclic amines) is 1. The first-order valence-electron chi connectivity index (χ1n) is 6.42. The Morgan fingerprint density at radius 1 is 1.63 bits per heavy atom. The summed E-state index contributed by atoms with van der Waals surface area (Å²) in [4.78, 5) is 14.7. The molecular formula is C14H18N2O2S. The van der Waals surface area contributed by atoms with E-state index in [1.807, 2.05) is 11.4 Å². The predicted octanol–water partition coefficient (Wildman–Crippen LogP) is 0.932. The smallest absolute Gasteiger partial charge is 0.234 e. The zero-order chi connectivity index (χ0) is 13.7. The first-order chi connectivity index (χ1) is 9.22. The van der Waals surface area contributed by atoms with Crippen LogP contribution in [0, 0.1) is 11.8 Å². The molecule has 1 aliphatic rings. The van der Waals surface area contributed by atoms with Crippen LogP contribution in [0.3, 0.4) is 0 Å². The molecule has 1 aromatic heterocycles. The zero-order valence-corrected chi connectivity index (χ0v) is 11.6. The number of nitrogens with two attached hydrogens (primary N) is 1. The lowest BCUT2D eigenvalue weighted by Crippen LogP contribution is -2.39. The first-order valence-corrected chi connectivity index (χ1v) is 7.30. The third-order valence-electron chi connectivity index (χ3n) is 3.24. The van der Waals surface area contributed by atoms with Crippen molar-refractivity contribution in [2.45, 2.75) is 31.8 Å². The molecule has 0 aliphatic carbocycles. The lowest BCUT2D eigenvalue weighted by atomic mass is 10.2. The molecule has 0 spiro atoms. The molecule has 2 rings (SSSR count). The Morgan fingerprint density at radius 3 is 3.21 bits per heavy atom. The number of rotatable bonds is 4. The third-order valence-corrected chi connectivity index (χ3v) is 4.15. The molecule has 5 heteroatoms. The van der Waals surface area contributed by atoms with Gasteiger partial charge in [-0.25, -0.2) is 0 Å². The number of hydrogen-bond donors (Lipinski definition) is 2. The Balaban J connectivity index is 2.05. The summed E-state index contributed by atoms with van der Waals surface area (Å²) >= 11 is 1.65. The number of nitrogens with zero attached hydrogens (tertiary/aromatic N) is 1. The molecule has 1 aliphatic heterocycles. The molecule has 0 bridgehead atoms. The van der Waals surface area contributed by atoms with Crippen LogP contribution in [0.5, 0.6) is 0 Å². The second-order valence-corrected chi connectivity index (χ2v) is 5.56. The van der Waals surface area contributed by atoms with Crippen molar-refractivity contribution in [3.05, 3.63) is 21.9 Å². The molecule has 0 radical (unpaired) electrons. The Hall–Kier alpha value is -1.35. The molecule has 0 aromatic carbocycles. The van der Waals surface area contributed by atoms with Gasteiger partial charge in [0.25, 0.3) is 0 Å². The highest BCUT2D eigenvalue weighted by Crippen LogP contribution is 2.24. The fraction of sp³-hybridized carbons (Fsp3) is 0.500. The maximum atomic E-state index is 11.4. The summed E-state index contributed by atoms with van der Waals surface area (Å²) in [6, 6.07) is 1.85. The fourth-order valence-electron chi connectivity index (χ4n) is 2.31. The molecule has 0 saturated carbocycles. The van der Waals surface area contributed by atoms with Gasteiger partial charge >= 0.3 is 0 Å². The van der Waals surface area contributed by atoms with Gasteiger partial charge in [0.05, 0.1) is 12.6 Å². The lowest BCUT2D eigenvalue weighted by Gasteiger charge is -2.21. The minimum atomic E-state index is -0.234. The van der Waals surface area contributed by atoms with Crippen LogP contribution in [-0.2, 0) is 11.3 Å². The highest BCUT2D eigenvalue weighted by atomic mass is 32.1. The number of thiophene rings is 1. The number of carbonyl (C=O) groups excluding carboxylic acids is 1. The predicted molar refractivity (Wildman–Crippen MR) is 75.5 cm³/mol. The second-order valence-electron chi connectivity index (χ2n) is 4.56. The van der Waals surface area contributed by atoms with Crippen LogP contribution in [0.15, 0.2) is 11.4 Å². The van der Waals surface area contributed by atoms with Crippen LogP contribution in [0.1, 0.15) is 29.7 Å². The van der Waals surface area contributed by atoms with E-state index in [4.69, 9.17) is 10.8 Å². The fourth-order valence-corrected chi connectivity index (χ4v) is 3.16. The maximum Gasteiger partial charge on any atom is 0.234 e. The van der Waals surface area contributed by atoms with Crippen LogP contribution in [-0.4, -0.2) is 35.1 Å². The number of hydrogen-bond acceptors (Lipinski definition) is 4. The van der Waals surface area contributed by atoms with E-state index in [-0.39, 0.29) is 18.6 Å². The third kappa shape index (κ3) is 3.57. The number of aliphatic hydroxyl groups is 1. The van der Waals surface area contributed by atoms with Crippen molar-refractivity contribution in [1.29, 1.82) is 0 Å². The minimum absolute atomic E-state index is 0.0857. The summed E-state index contributed by atoms with van der Waals surface area (Å²) in [7, 11) is 0. The van der Waals surface area contributed by atoms with Crippen molar-refractivity contribution in [2.75, 3.05) is 13.2 Å². The topological polar surface area (TPSA) is 66.6 Å². The van der Waals surface area contributed by atoms with E-state index in [1.54, 1.807) is 11.3 Å². The van der Waals surface area contributed by atoms with Crippen molar-refractivity contribution in [3.8, 4) is 11.8 Å². The number of amides is 1. The van der Waals surface area contributed by atoms with Crippen molar-refractivity contribution in [2.24, 2.45) is 5.73 Å². The van der Waals surface area contributed by atoms with E-state index < -0.39 is 0 Å². The van der Waals surface area contributed by atoms with Gasteiger partial charge < -0.3 is 10.8 Å². The average molecular weight is 278 g/mol. The molecule has 1 fully saturated rings. The van der Waals surface area contributed by atoms with Gasteiger partial charge in [-0.05, 0) is 30.8 Å². The van der Waals surface area contributed by atoms with Crippen LogP contribution >= 0.6 is 11.3 Å². The summed E-state index contributed by atoms with van der Waals surface area (Å²) in [5.41, 5.74) is 6.41. The molecule has 1 saturated heterocycles. The first kappa shape index (κ1) is 14.1. The van der Waals surface area contributed by atoms with Crippen LogP contribution in [0.2, 0.25) is 0 Å². The van der Waals surface area contributed by atoms with Crippen LogP contribution < -0.4 is 5.73 Å². The van der Waals surface area contributed by atoms with Crippen LogP contribution in [0.4, 0.5) is 0 Å². The van der Waals surface area contributed by atoms with Gasteiger partial charge in [-0.3, -0.25) is 9.69 Å². The molecule has 4 nitrogen and oxygen atoms in total. The van der Waals surface area contributed by atoms with Gasteiger partial charge in [-0.1, -0.05) is 11.8 Å². The van der Waals surface area contributed by atoms with Gasteiger partial charge in [-0.15, -0.1) is 11.3 Å². The molecule has 1 atom stereocenters. The monoisotopic (exact) mass is 278 g/mol. The normalized spacial score (nSPS) is 19.1. The summed E-state index contributed by atoms with van der Waals surface area (Å²) in [5.74, 6) is 5.77. The molecule has 19 heavy (non-hydrogen) atoms. The Labute approximate surface area is 117 Å². The van der Waals surface area contributed by atoms with E-state index >= 15 is 0 Å². The Kier molecular flexibility index (Phi) is 4.97. The molecule has 1 aromatic rings. The Morgan fingerprint density at radius 2 is 2.47 bits per heavy atom. The quantitative estimate of drug-likeness (QED) is 0.805.